The predicted octanol–water partition coefficient (Wildman–Crippen LogP) is 7.37. The maximum absolute atomic E-state index is 11.4. The largest absolute Gasteiger partial charge is 0.493 e. The molecule has 32 heavy (non-hydrogen) atoms. The molecule has 0 amide bonds. The summed E-state index contributed by atoms with van der Waals surface area (Å²) in [5.74, 6) is 1.46. The summed E-state index contributed by atoms with van der Waals surface area (Å²) in [6, 6.07) is 16.3. The Kier molecular flexibility index (Phi) is 11.4. The maximum Gasteiger partial charge on any atom is 0.333 e. The van der Waals surface area contributed by atoms with Crippen molar-refractivity contribution < 1.29 is 19.0 Å². The fourth-order valence-electron chi connectivity index (χ4n) is 3.40. The molecule has 0 aromatic heterocycles. The van der Waals surface area contributed by atoms with Crippen LogP contribution in [0.1, 0.15) is 65.7 Å². The van der Waals surface area contributed by atoms with Gasteiger partial charge in [0.05, 0.1) is 19.3 Å². The molecule has 0 radical (unpaired) electrons. The third-order valence-electron chi connectivity index (χ3n) is 5.23. The van der Waals surface area contributed by atoms with Gasteiger partial charge in [-0.3, -0.25) is 0 Å². The summed E-state index contributed by atoms with van der Waals surface area (Å²) >= 11 is 0. The van der Waals surface area contributed by atoms with Crippen LogP contribution in [0.3, 0.4) is 0 Å². The van der Waals surface area contributed by atoms with E-state index in [2.05, 4.69) is 32.6 Å². The lowest BCUT2D eigenvalue weighted by molar-refractivity contribution is -0.139. The van der Waals surface area contributed by atoms with E-state index in [1.54, 1.807) is 6.92 Å². The quantitative estimate of drug-likeness (QED) is 0.165. The van der Waals surface area contributed by atoms with Gasteiger partial charge in [0.15, 0.2) is 0 Å². The Morgan fingerprint density at radius 1 is 0.875 bits per heavy atom. The third kappa shape index (κ3) is 8.78. The van der Waals surface area contributed by atoms with Gasteiger partial charge in [-0.15, -0.1) is 0 Å². The highest BCUT2D eigenvalue weighted by Crippen LogP contribution is 2.37. The van der Waals surface area contributed by atoms with Crippen LogP contribution in [-0.4, -0.2) is 25.3 Å². The summed E-state index contributed by atoms with van der Waals surface area (Å²) in [5.41, 5.74) is 2.56. The van der Waals surface area contributed by atoms with Crippen molar-refractivity contribution in [3.63, 3.8) is 0 Å². The van der Waals surface area contributed by atoms with Crippen molar-refractivity contribution in [1.82, 2.24) is 0 Å². The second kappa shape index (κ2) is 14.3. The molecule has 0 saturated carbocycles. The molecular weight excluding hydrogens is 400 g/mol. The van der Waals surface area contributed by atoms with Gasteiger partial charge in [0.2, 0.25) is 0 Å². The van der Waals surface area contributed by atoms with Crippen molar-refractivity contribution in [3.8, 4) is 22.6 Å². The van der Waals surface area contributed by atoms with E-state index in [1.165, 1.54) is 12.8 Å². The molecule has 2 aromatic rings. The van der Waals surface area contributed by atoms with Gasteiger partial charge in [0.25, 0.3) is 0 Å². The van der Waals surface area contributed by atoms with Crippen molar-refractivity contribution >= 4 is 5.97 Å². The maximum atomic E-state index is 11.4. The first-order valence-corrected chi connectivity index (χ1v) is 11.8. The number of esters is 1. The summed E-state index contributed by atoms with van der Waals surface area (Å²) in [6.07, 6.45) is 7.41. The van der Waals surface area contributed by atoms with E-state index >= 15 is 0 Å². The lowest BCUT2D eigenvalue weighted by Gasteiger charge is -2.19. The highest BCUT2D eigenvalue weighted by Gasteiger charge is 2.13. The van der Waals surface area contributed by atoms with Crippen LogP contribution in [-0.2, 0) is 9.53 Å². The molecule has 0 bridgehead atoms. The minimum Gasteiger partial charge on any atom is -0.493 e. The number of carbonyl (C=O) groups excluding carboxylic acids is 1. The van der Waals surface area contributed by atoms with Crippen LogP contribution in [0.15, 0.2) is 60.7 Å². The van der Waals surface area contributed by atoms with Crippen LogP contribution >= 0.6 is 0 Å². The van der Waals surface area contributed by atoms with Gasteiger partial charge >= 0.3 is 5.97 Å². The first kappa shape index (κ1) is 25.5. The zero-order valence-electron chi connectivity index (χ0n) is 19.9. The van der Waals surface area contributed by atoms with Crippen LogP contribution < -0.4 is 9.47 Å². The van der Waals surface area contributed by atoms with Crippen LogP contribution in [0.25, 0.3) is 11.1 Å². The van der Waals surface area contributed by atoms with E-state index in [9.17, 15) is 4.79 Å². The number of hydrogen-bond acceptors (Lipinski definition) is 4. The summed E-state index contributed by atoms with van der Waals surface area (Å²) in [5, 5.41) is 0. The van der Waals surface area contributed by atoms with E-state index < -0.39 is 0 Å². The van der Waals surface area contributed by atoms with Gasteiger partial charge in [0, 0.05) is 16.7 Å². The van der Waals surface area contributed by atoms with Crippen LogP contribution in [0.5, 0.6) is 11.5 Å². The molecule has 0 N–H and O–H groups in total. The molecule has 1 atom stereocenters. The Bertz CT molecular complexity index is 843. The molecule has 4 nitrogen and oxygen atoms in total. The van der Waals surface area contributed by atoms with Crippen LogP contribution in [0, 0.1) is 0 Å². The Morgan fingerprint density at radius 2 is 1.47 bits per heavy atom. The van der Waals surface area contributed by atoms with Gasteiger partial charge in [-0.05, 0) is 58.1 Å². The standard InChI is InChI=1S/C28H38O4/c1-5-6-15-23(4)32-27-19-12-10-17-25(27)24-16-9-11-18-26(24)30-20-13-7-8-14-21-31-28(29)22(2)3/h9-12,16-19,23H,2,5-8,13-15,20-21H2,1,3-4H3. The van der Waals surface area contributed by atoms with Gasteiger partial charge in [-0.25, -0.2) is 4.79 Å². The van der Waals surface area contributed by atoms with Crippen LogP contribution in [0.4, 0.5) is 0 Å². The van der Waals surface area contributed by atoms with E-state index in [1.807, 2.05) is 36.4 Å². The summed E-state index contributed by atoms with van der Waals surface area (Å²) in [4.78, 5) is 11.4. The molecule has 0 spiro atoms. The van der Waals surface area contributed by atoms with Gasteiger partial charge in [0.1, 0.15) is 11.5 Å². The van der Waals surface area contributed by atoms with E-state index in [0.29, 0.717) is 18.8 Å². The Balaban J connectivity index is 1.87. The normalized spacial score (nSPS) is 11.6. The van der Waals surface area contributed by atoms with Crippen molar-refractivity contribution in [2.75, 3.05) is 13.2 Å². The summed E-state index contributed by atoms with van der Waals surface area (Å²) < 4.78 is 17.5. The minimum absolute atomic E-state index is 0.179. The SMILES string of the molecule is C=C(C)C(=O)OCCCCCCOc1ccccc1-c1ccccc1OC(C)CCCC. The first-order valence-electron chi connectivity index (χ1n) is 11.8. The van der Waals surface area contributed by atoms with Crippen molar-refractivity contribution in [2.45, 2.75) is 71.8 Å². The highest BCUT2D eigenvalue weighted by molar-refractivity contribution is 5.86. The third-order valence-corrected chi connectivity index (χ3v) is 5.23. The monoisotopic (exact) mass is 438 g/mol. The van der Waals surface area contributed by atoms with Gasteiger partial charge < -0.3 is 14.2 Å². The van der Waals surface area contributed by atoms with Crippen molar-refractivity contribution in [1.29, 1.82) is 0 Å². The first-order chi connectivity index (χ1) is 15.5. The fraction of sp³-hybridized carbons (Fsp3) is 0.464. The average Bonchev–Trinajstić information content (AvgIpc) is 2.80. The van der Waals surface area contributed by atoms with E-state index in [4.69, 9.17) is 14.2 Å². The summed E-state index contributed by atoms with van der Waals surface area (Å²) in [6.45, 7) is 10.7. The topological polar surface area (TPSA) is 44.8 Å². The molecule has 1 unspecified atom stereocenters. The van der Waals surface area contributed by atoms with Gasteiger partial charge in [-0.2, -0.15) is 0 Å². The van der Waals surface area contributed by atoms with Crippen molar-refractivity contribution in [2.24, 2.45) is 0 Å². The average molecular weight is 439 g/mol. The number of rotatable bonds is 15. The molecular formula is C28H38O4. The zero-order chi connectivity index (χ0) is 23.2. The van der Waals surface area contributed by atoms with Crippen LogP contribution in [0.2, 0.25) is 0 Å². The number of hydrogen-bond donors (Lipinski definition) is 0. The molecule has 4 heteroatoms. The Morgan fingerprint density at radius 3 is 2.12 bits per heavy atom. The molecule has 0 aliphatic rings. The molecule has 0 aliphatic carbocycles. The molecule has 0 fully saturated rings. The molecule has 0 saturated heterocycles. The lowest BCUT2D eigenvalue weighted by Crippen LogP contribution is -2.12. The molecule has 0 heterocycles. The predicted molar refractivity (Wildman–Crippen MR) is 131 cm³/mol. The minimum atomic E-state index is -0.311. The number of carbonyl (C=O) groups is 1. The van der Waals surface area contributed by atoms with Gasteiger partial charge in [-0.1, -0.05) is 62.7 Å². The second-order valence-electron chi connectivity index (χ2n) is 8.24. The fourth-order valence-corrected chi connectivity index (χ4v) is 3.40. The second-order valence-corrected chi connectivity index (χ2v) is 8.24. The number of benzene rings is 2. The Hall–Kier alpha value is -2.75. The smallest absolute Gasteiger partial charge is 0.333 e. The molecule has 0 aliphatic heterocycles. The van der Waals surface area contributed by atoms with E-state index in [-0.39, 0.29) is 12.1 Å². The summed E-state index contributed by atoms with van der Waals surface area (Å²) in [7, 11) is 0. The Labute approximate surface area is 193 Å². The number of para-hydroxylation sites is 2. The zero-order valence-corrected chi connectivity index (χ0v) is 19.9. The lowest BCUT2D eigenvalue weighted by atomic mass is 10.0. The number of ether oxygens (including phenoxy) is 3. The molecule has 2 aromatic carbocycles. The number of unbranched alkanes of at least 4 members (excludes halogenated alkanes) is 4. The molecule has 174 valence electrons. The van der Waals surface area contributed by atoms with Crippen molar-refractivity contribution in [3.05, 3.63) is 60.7 Å². The highest BCUT2D eigenvalue weighted by atomic mass is 16.5. The van der Waals surface area contributed by atoms with E-state index in [0.717, 1.165) is 54.7 Å². The molecule has 2 rings (SSSR count).